The van der Waals surface area contributed by atoms with Gasteiger partial charge in [-0.2, -0.15) is 0 Å². The van der Waals surface area contributed by atoms with Crippen LogP contribution in [0.1, 0.15) is 0 Å². The molecular formula is C84H54B2F3N5S. The Labute approximate surface area is 554 Å². The summed E-state index contributed by atoms with van der Waals surface area (Å²) in [5.41, 5.74) is 21.5. The summed E-state index contributed by atoms with van der Waals surface area (Å²) in [6, 6.07) is 111. The Kier molecular flexibility index (Phi) is 13.5. The van der Waals surface area contributed by atoms with E-state index in [0.29, 0.717) is 16.0 Å². The fourth-order valence-electron chi connectivity index (χ4n) is 15.0. The first-order valence-corrected chi connectivity index (χ1v) is 32.8. The van der Waals surface area contributed by atoms with E-state index in [9.17, 15) is 0 Å². The molecule has 0 saturated heterocycles. The van der Waals surface area contributed by atoms with Gasteiger partial charge in [-0.25, -0.2) is 13.2 Å². The van der Waals surface area contributed by atoms with Gasteiger partial charge in [-0.1, -0.05) is 217 Å². The van der Waals surface area contributed by atoms with Crippen molar-refractivity contribution in [1.29, 1.82) is 0 Å². The van der Waals surface area contributed by atoms with Crippen molar-refractivity contribution in [3.8, 4) is 22.3 Å². The van der Waals surface area contributed by atoms with Crippen molar-refractivity contribution >= 4 is 143 Å². The van der Waals surface area contributed by atoms with Gasteiger partial charge in [0.15, 0.2) is 5.82 Å². The molecule has 0 bridgehead atoms. The summed E-state index contributed by atoms with van der Waals surface area (Å²) in [7, 11) is 0. The predicted molar refractivity (Wildman–Crippen MR) is 390 cm³/mol. The van der Waals surface area contributed by atoms with E-state index in [-0.39, 0.29) is 11.4 Å². The summed E-state index contributed by atoms with van der Waals surface area (Å²) in [4.78, 5) is 12.2. The molecule has 0 aromatic heterocycles. The fraction of sp³-hybridized carbons (Fsp3) is 0. The predicted octanol–water partition coefficient (Wildman–Crippen LogP) is 19.2. The van der Waals surface area contributed by atoms with Gasteiger partial charge in [0.05, 0.1) is 17.1 Å². The SMILES string of the molecule is Fc1ccc(N2c3cc(N(c4ccccc4)c4ccccc4)cc4c3B(c3ccccc3N4c3ccccc3)c3cc4c(c(F)c32)Sc2cc(N(c3ccc(-c5ccccc5)cc3)c3ccc(-c5ccccc5)cc3)cc3c2B4c2ccccc2N3c2ccccc2)c(F)c1. The first-order valence-electron chi connectivity index (χ1n) is 31.9. The first kappa shape index (κ1) is 56.1. The van der Waals surface area contributed by atoms with Crippen molar-refractivity contribution in [2.45, 2.75) is 9.79 Å². The average Bonchev–Trinajstić information content (AvgIpc) is 0.686. The maximum atomic E-state index is 20.3. The number of benzene rings is 14. The quantitative estimate of drug-likeness (QED) is 0.119. The minimum atomic E-state index is -0.826. The van der Waals surface area contributed by atoms with Crippen LogP contribution in [0, 0.1) is 17.5 Å². The normalized spacial score (nSPS) is 12.9. The zero-order valence-electron chi connectivity index (χ0n) is 51.1. The van der Waals surface area contributed by atoms with E-state index in [2.05, 4.69) is 256 Å². The average molecular weight is 1240 g/mol. The minimum Gasteiger partial charge on any atom is -0.311 e. The molecule has 14 aromatic rings. The maximum absolute atomic E-state index is 20.3. The van der Waals surface area contributed by atoms with E-state index < -0.39 is 30.9 Å². The van der Waals surface area contributed by atoms with E-state index in [0.717, 1.165) is 129 Å². The Bertz CT molecular complexity index is 5170. The van der Waals surface area contributed by atoms with Crippen LogP contribution in [-0.4, -0.2) is 13.4 Å². The molecule has 14 aromatic carbocycles. The minimum absolute atomic E-state index is 0.0138. The largest absolute Gasteiger partial charge is 0.311 e. The number of halogens is 3. The molecule has 18 rings (SSSR count). The third-order valence-electron chi connectivity index (χ3n) is 19.0. The second kappa shape index (κ2) is 22.9. The Morgan fingerprint density at radius 1 is 0.284 bits per heavy atom. The summed E-state index contributed by atoms with van der Waals surface area (Å²) in [6.07, 6.45) is 0. The van der Waals surface area contributed by atoms with E-state index >= 15 is 13.2 Å². The van der Waals surface area contributed by atoms with Gasteiger partial charge in [0.1, 0.15) is 11.6 Å². The maximum Gasteiger partial charge on any atom is 0.252 e. The van der Waals surface area contributed by atoms with Crippen LogP contribution in [-0.2, 0) is 0 Å². The van der Waals surface area contributed by atoms with Crippen LogP contribution in [0.25, 0.3) is 22.3 Å². The number of anilines is 15. The molecule has 4 aliphatic rings. The first-order chi connectivity index (χ1) is 46.9. The van der Waals surface area contributed by atoms with Crippen LogP contribution in [0.3, 0.4) is 0 Å². The second-order valence-corrected chi connectivity index (χ2v) is 25.4. The molecule has 0 aliphatic carbocycles. The fourth-order valence-corrected chi connectivity index (χ4v) is 16.2. The van der Waals surface area contributed by atoms with E-state index in [4.69, 9.17) is 0 Å². The summed E-state index contributed by atoms with van der Waals surface area (Å²) < 4.78 is 53.5. The van der Waals surface area contributed by atoms with Crippen molar-refractivity contribution in [3.63, 3.8) is 0 Å². The van der Waals surface area contributed by atoms with Crippen molar-refractivity contribution in [3.05, 3.63) is 345 Å². The van der Waals surface area contributed by atoms with Crippen molar-refractivity contribution in [2.75, 3.05) is 24.5 Å². The lowest BCUT2D eigenvalue weighted by Gasteiger charge is -2.46. The van der Waals surface area contributed by atoms with Gasteiger partial charge < -0.3 is 24.5 Å². The number of hydrogen-bond donors (Lipinski definition) is 0. The molecule has 0 N–H and O–H groups in total. The Morgan fingerprint density at radius 2 is 0.684 bits per heavy atom. The Balaban J connectivity index is 0.907. The van der Waals surface area contributed by atoms with Crippen molar-refractivity contribution in [2.24, 2.45) is 0 Å². The molecule has 11 heteroatoms. The smallest absolute Gasteiger partial charge is 0.252 e. The highest BCUT2D eigenvalue weighted by molar-refractivity contribution is 8.00. The van der Waals surface area contributed by atoms with Crippen LogP contribution in [0.5, 0.6) is 0 Å². The molecule has 95 heavy (non-hydrogen) atoms. The molecule has 0 radical (unpaired) electrons. The monoisotopic (exact) mass is 1240 g/mol. The zero-order chi connectivity index (χ0) is 63.3. The highest BCUT2D eigenvalue weighted by Crippen LogP contribution is 2.53. The summed E-state index contributed by atoms with van der Waals surface area (Å²) in [5, 5.41) is 0. The van der Waals surface area contributed by atoms with Gasteiger partial charge in [-0.05, 0) is 171 Å². The number of hydrogen-bond acceptors (Lipinski definition) is 6. The summed E-state index contributed by atoms with van der Waals surface area (Å²) in [5.74, 6) is -2.06. The summed E-state index contributed by atoms with van der Waals surface area (Å²) >= 11 is 1.41. The highest BCUT2D eigenvalue weighted by Gasteiger charge is 2.49. The van der Waals surface area contributed by atoms with Crippen LogP contribution >= 0.6 is 11.8 Å². The molecule has 0 saturated carbocycles. The number of para-hydroxylation sites is 6. The molecule has 5 nitrogen and oxygen atoms in total. The van der Waals surface area contributed by atoms with Gasteiger partial charge in [-0.3, -0.25) is 0 Å². The number of rotatable bonds is 11. The standard InChI is InChI=1S/C84H54B2F3N5S/c87-59-43-48-75(72(88)49-59)94-77-51-66(90(60-27-11-3-12-28-60)61-29-13-4-14-30-61)50-76-80(77)85(68-35-19-21-37-73(68)92(76)62-31-15-5-16-32-62)70-54-71-84(82(89)83(70)94)95-79-53-67(52-78-81(79)86(71)69-36-20-22-38-74(69)93(78)63-33-17-6-18-34-63)91(64-44-39-57(40-45-64)55-23-7-1-8-24-55)65-46-41-58(42-47-65)56-25-9-2-10-26-56/h1-54H. The van der Waals surface area contributed by atoms with Crippen LogP contribution < -0.4 is 57.3 Å². The number of nitrogens with zero attached hydrogens (tertiary/aromatic N) is 5. The van der Waals surface area contributed by atoms with E-state index in [1.165, 1.54) is 23.9 Å². The molecule has 448 valence electrons. The summed E-state index contributed by atoms with van der Waals surface area (Å²) in [6.45, 7) is -1.03. The lowest BCUT2D eigenvalue weighted by atomic mass is 9.31. The van der Waals surface area contributed by atoms with Gasteiger partial charge in [0, 0.05) is 84.1 Å². The van der Waals surface area contributed by atoms with Crippen LogP contribution in [0.2, 0.25) is 0 Å². The lowest BCUT2D eigenvalue weighted by molar-refractivity contribution is 0.582. The van der Waals surface area contributed by atoms with Crippen molar-refractivity contribution < 1.29 is 13.2 Å². The molecule has 0 amide bonds. The van der Waals surface area contributed by atoms with Crippen LogP contribution in [0.15, 0.2) is 337 Å². The molecule has 0 unspecified atom stereocenters. The molecular weight excluding hydrogens is 1190 g/mol. The number of fused-ring (bicyclic) bond motifs is 8. The zero-order valence-corrected chi connectivity index (χ0v) is 51.9. The van der Waals surface area contributed by atoms with Gasteiger partial charge >= 0.3 is 0 Å². The Hall–Kier alpha value is -11.7. The topological polar surface area (TPSA) is 16.2 Å². The second-order valence-electron chi connectivity index (χ2n) is 24.3. The molecule has 0 spiro atoms. The van der Waals surface area contributed by atoms with Gasteiger partial charge in [0.25, 0.3) is 6.71 Å². The lowest BCUT2D eigenvalue weighted by Crippen LogP contribution is -2.65. The van der Waals surface area contributed by atoms with Gasteiger partial charge in [0.2, 0.25) is 6.71 Å². The highest BCUT2D eigenvalue weighted by atomic mass is 32.2. The van der Waals surface area contributed by atoms with E-state index in [1.54, 1.807) is 4.90 Å². The molecule has 4 aliphatic heterocycles. The third kappa shape index (κ3) is 9.28. The van der Waals surface area contributed by atoms with E-state index in [1.807, 2.05) is 72.8 Å². The Morgan fingerprint density at radius 3 is 1.18 bits per heavy atom. The van der Waals surface area contributed by atoms with Gasteiger partial charge in [-0.15, -0.1) is 0 Å². The molecule has 4 heterocycles. The van der Waals surface area contributed by atoms with Crippen molar-refractivity contribution in [1.82, 2.24) is 0 Å². The van der Waals surface area contributed by atoms with Crippen LogP contribution in [0.4, 0.5) is 98.5 Å². The third-order valence-corrected chi connectivity index (χ3v) is 20.2. The molecule has 0 fully saturated rings. The molecule has 0 atom stereocenters.